The number of benzene rings is 2. The molecule has 4 atom stereocenters. The van der Waals surface area contributed by atoms with Crippen molar-refractivity contribution in [2.24, 2.45) is 0 Å². The van der Waals surface area contributed by atoms with Gasteiger partial charge in [0.25, 0.3) is 0 Å². The van der Waals surface area contributed by atoms with Crippen LogP contribution in [-0.4, -0.2) is 139 Å². The Morgan fingerprint density at radius 2 is 1.76 bits per heavy atom. The highest BCUT2D eigenvalue weighted by molar-refractivity contribution is 6.03. The Hall–Kier alpha value is -4.88. The molecular formula is C43H52F2N8O5. The second kappa shape index (κ2) is 16.4. The van der Waals surface area contributed by atoms with Gasteiger partial charge in [0.15, 0.2) is 12.6 Å². The topological polar surface area (TPSA) is 118 Å². The van der Waals surface area contributed by atoms with Gasteiger partial charge in [-0.2, -0.15) is 9.97 Å². The number of carbonyl (C=O) groups excluding carboxylic acids is 1. The van der Waals surface area contributed by atoms with Crippen LogP contribution in [0.3, 0.4) is 0 Å². The highest BCUT2D eigenvalue weighted by Crippen LogP contribution is 2.41. The van der Waals surface area contributed by atoms with E-state index in [1.165, 1.54) is 13.2 Å². The van der Waals surface area contributed by atoms with Crippen molar-refractivity contribution in [3.63, 3.8) is 0 Å². The van der Waals surface area contributed by atoms with Crippen molar-refractivity contribution in [2.45, 2.75) is 76.2 Å². The average molecular weight is 799 g/mol. The average Bonchev–Trinajstić information content (AvgIpc) is 3.69. The number of carbonyl (C=O) groups is 1. The molecule has 6 heterocycles. The summed E-state index contributed by atoms with van der Waals surface area (Å²) in [5.41, 5.74) is -0.494. The van der Waals surface area contributed by atoms with Gasteiger partial charge < -0.3 is 29.2 Å². The predicted octanol–water partition coefficient (Wildman–Crippen LogP) is 5.42. The number of halogens is 2. The summed E-state index contributed by atoms with van der Waals surface area (Å²) in [6.45, 7) is 11.8. The summed E-state index contributed by atoms with van der Waals surface area (Å²) >= 11 is 0. The molecule has 2 bridgehead atoms. The lowest BCUT2D eigenvalue weighted by molar-refractivity contribution is 0.0122. The van der Waals surface area contributed by atoms with Crippen molar-refractivity contribution in [1.29, 1.82) is 0 Å². The van der Waals surface area contributed by atoms with Gasteiger partial charge in [-0.1, -0.05) is 12.0 Å². The molecule has 13 nitrogen and oxygen atoms in total. The molecule has 1 amide bonds. The summed E-state index contributed by atoms with van der Waals surface area (Å²) in [5, 5.41) is 4.67. The maximum Gasteiger partial charge on any atom is 0.410 e. The van der Waals surface area contributed by atoms with E-state index >= 15 is 8.78 Å². The molecule has 4 aromatic rings. The molecule has 1 N–H and O–H groups in total. The molecule has 2 aromatic carbocycles. The molecule has 308 valence electrons. The quantitative estimate of drug-likeness (QED) is 0.163. The Bertz CT molecular complexity index is 2210. The largest absolute Gasteiger partial charge is 0.468 e. The van der Waals surface area contributed by atoms with Crippen LogP contribution in [0.2, 0.25) is 0 Å². The molecule has 0 aliphatic carbocycles. The third-order valence-electron chi connectivity index (χ3n) is 11.9. The van der Waals surface area contributed by atoms with Crippen LogP contribution in [0.25, 0.3) is 32.9 Å². The van der Waals surface area contributed by atoms with Crippen LogP contribution in [0.1, 0.15) is 52.0 Å². The number of nitrogens with zero attached hydrogens (tertiary/aromatic N) is 7. The van der Waals surface area contributed by atoms with Crippen LogP contribution in [0.5, 0.6) is 11.8 Å². The Labute approximate surface area is 338 Å². The lowest BCUT2D eigenvalue weighted by Gasteiger charge is -2.42. The summed E-state index contributed by atoms with van der Waals surface area (Å²) in [6.07, 6.45) is 10.6. The molecule has 8 rings (SSSR count). The van der Waals surface area contributed by atoms with Gasteiger partial charge in [0.1, 0.15) is 40.8 Å². The molecule has 4 aliphatic heterocycles. The van der Waals surface area contributed by atoms with Crippen LogP contribution in [0, 0.1) is 24.0 Å². The standard InChI is InChI=1S/C43H52F2N8O5/c1-7-32-35(44)13-8-26-18-31(57-25-55-6)19-33(36(26)32)38-37(45)39-34(20-47-38)40(52-22-28-10-11-29(23-52)53(28)42(54)58-43(2,3)4)49-41(48-39)56-24-30-12-9-27(50(30)5)21-51-16-14-46-15-17-51/h1,8,13,18-20,27-30,46H,9-12,14-17,21-25H2,2-6H3/t27?,28-,29+,30?. The smallest absolute Gasteiger partial charge is 0.410 e. The summed E-state index contributed by atoms with van der Waals surface area (Å²) in [4.78, 5) is 36.4. The fourth-order valence-corrected chi connectivity index (χ4v) is 9.03. The number of terminal acetylenes is 1. The maximum atomic E-state index is 17.4. The Balaban J connectivity index is 1.17. The van der Waals surface area contributed by atoms with Crippen molar-refractivity contribution >= 4 is 33.6 Å². The molecule has 4 saturated heterocycles. The Kier molecular flexibility index (Phi) is 11.3. The second-order valence-corrected chi connectivity index (χ2v) is 16.8. The van der Waals surface area contributed by atoms with Gasteiger partial charge in [0, 0.05) is 82.2 Å². The molecule has 0 spiro atoms. The zero-order chi connectivity index (χ0) is 40.7. The summed E-state index contributed by atoms with van der Waals surface area (Å²) in [6, 6.07) is 6.44. The molecule has 4 aliphatic rings. The van der Waals surface area contributed by atoms with Crippen LogP contribution in [0.15, 0.2) is 30.5 Å². The Morgan fingerprint density at radius 1 is 1.02 bits per heavy atom. The SMILES string of the molecule is C#Cc1c(F)ccc2cc(OCOC)cc(-c3ncc4c(N5C[C@H]6CC[C@@H](C5)N6C(=O)OC(C)(C)C)nc(OCC5CCC(CN6CCNCC6)N5C)nc4c3F)c12. The van der Waals surface area contributed by atoms with E-state index in [1.54, 1.807) is 24.4 Å². The molecule has 58 heavy (non-hydrogen) atoms. The first-order chi connectivity index (χ1) is 27.9. The second-order valence-electron chi connectivity index (χ2n) is 16.8. The zero-order valence-electron chi connectivity index (χ0n) is 33.9. The van der Waals surface area contributed by atoms with Gasteiger partial charge in [-0.15, -0.1) is 6.42 Å². The molecular weight excluding hydrogens is 747 g/mol. The van der Waals surface area contributed by atoms with E-state index in [-0.39, 0.29) is 59.4 Å². The van der Waals surface area contributed by atoms with Crippen molar-refractivity contribution in [1.82, 2.24) is 35.0 Å². The van der Waals surface area contributed by atoms with Gasteiger partial charge >= 0.3 is 12.1 Å². The number of likely N-dealkylation sites (tertiary alicyclic amines) is 1. The first-order valence-electron chi connectivity index (χ1n) is 20.2. The highest BCUT2D eigenvalue weighted by Gasteiger charge is 2.45. The third kappa shape index (κ3) is 7.95. The number of piperazine rings is 2. The number of methoxy groups -OCH3 is 1. The van der Waals surface area contributed by atoms with Gasteiger partial charge in [-0.3, -0.25) is 19.7 Å². The maximum absolute atomic E-state index is 17.4. The number of nitrogens with one attached hydrogen (secondary N) is 1. The minimum Gasteiger partial charge on any atom is -0.468 e. The molecule has 0 radical (unpaired) electrons. The minimum atomic E-state index is -0.743. The Morgan fingerprint density at radius 3 is 2.47 bits per heavy atom. The number of aromatic nitrogens is 3. The number of hydrogen-bond acceptors (Lipinski definition) is 12. The summed E-state index contributed by atoms with van der Waals surface area (Å²) < 4.78 is 55.7. The van der Waals surface area contributed by atoms with E-state index in [0.717, 1.165) is 58.4 Å². The number of hydrogen-bond donors (Lipinski definition) is 1. The molecule has 2 aromatic heterocycles. The fourth-order valence-electron chi connectivity index (χ4n) is 9.03. The van der Waals surface area contributed by atoms with E-state index in [1.807, 2.05) is 25.7 Å². The van der Waals surface area contributed by atoms with Gasteiger partial charge in [-0.05, 0) is 77.1 Å². The van der Waals surface area contributed by atoms with E-state index in [4.69, 9.17) is 35.3 Å². The first kappa shape index (κ1) is 39.9. The minimum absolute atomic E-state index is 0.00157. The third-order valence-corrected chi connectivity index (χ3v) is 11.9. The number of anilines is 1. The lowest BCUT2D eigenvalue weighted by atomic mass is 9.95. The molecule has 4 fully saturated rings. The number of amides is 1. The molecule has 15 heteroatoms. The van der Waals surface area contributed by atoms with Crippen LogP contribution in [-0.2, 0) is 9.47 Å². The summed E-state index contributed by atoms with van der Waals surface area (Å²) in [5.74, 6) is 1.92. The summed E-state index contributed by atoms with van der Waals surface area (Å²) in [7, 11) is 3.63. The van der Waals surface area contributed by atoms with Crippen molar-refractivity contribution in [3.8, 4) is 35.4 Å². The van der Waals surface area contributed by atoms with Crippen LogP contribution in [0.4, 0.5) is 19.4 Å². The van der Waals surface area contributed by atoms with E-state index < -0.39 is 17.2 Å². The number of fused-ring (bicyclic) bond motifs is 4. The van der Waals surface area contributed by atoms with Gasteiger partial charge in [0.2, 0.25) is 0 Å². The van der Waals surface area contributed by atoms with Gasteiger partial charge in [0.05, 0.1) is 23.0 Å². The lowest BCUT2D eigenvalue weighted by Crippen LogP contribution is -2.57. The van der Waals surface area contributed by atoms with E-state index in [9.17, 15) is 4.79 Å². The van der Waals surface area contributed by atoms with Crippen LogP contribution < -0.4 is 19.7 Å². The van der Waals surface area contributed by atoms with Crippen molar-refractivity contribution in [2.75, 3.05) is 78.3 Å². The van der Waals surface area contributed by atoms with Crippen molar-refractivity contribution in [3.05, 3.63) is 47.7 Å². The van der Waals surface area contributed by atoms with Crippen LogP contribution >= 0.6 is 0 Å². The fraction of sp³-hybridized carbons (Fsp3) is 0.535. The predicted molar refractivity (Wildman–Crippen MR) is 217 cm³/mol. The number of likely N-dealkylation sites (N-methyl/N-ethyl adjacent to an activating group) is 1. The zero-order valence-corrected chi connectivity index (χ0v) is 33.9. The molecule has 2 unspecified atom stereocenters. The van der Waals surface area contributed by atoms with Gasteiger partial charge in [-0.25, -0.2) is 13.6 Å². The molecule has 0 saturated carbocycles. The van der Waals surface area contributed by atoms with E-state index in [2.05, 4.69) is 38.0 Å². The first-order valence-corrected chi connectivity index (χ1v) is 20.2. The highest BCUT2D eigenvalue weighted by atomic mass is 19.1. The van der Waals surface area contributed by atoms with E-state index in [0.29, 0.717) is 53.5 Å². The number of pyridine rings is 1. The number of ether oxygens (including phenoxy) is 4. The van der Waals surface area contributed by atoms with Crippen molar-refractivity contribution < 1.29 is 32.5 Å². The number of rotatable bonds is 10. The monoisotopic (exact) mass is 798 g/mol. The normalized spacial score (nSPS) is 22.8.